The topological polar surface area (TPSA) is 82.1 Å². The maximum Gasteiger partial charge on any atom is 0.259 e. The van der Waals surface area contributed by atoms with Crippen LogP contribution in [0, 0.1) is 10.1 Å². The van der Waals surface area contributed by atoms with Gasteiger partial charge >= 0.3 is 0 Å². The van der Waals surface area contributed by atoms with Crippen LogP contribution >= 0.6 is 0 Å². The Morgan fingerprint density at radius 3 is 3.17 bits per heavy atom. The summed E-state index contributed by atoms with van der Waals surface area (Å²) in [4.78, 5) is 10.2. The third-order valence-electron chi connectivity index (χ3n) is 2.05. The number of nitro groups is 1. The van der Waals surface area contributed by atoms with E-state index >= 15 is 0 Å². The first-order valence-corrected chi connectivity index (χ1v) is 3.74. The second-order valence-electron chi connectivity index (χ2n) is 2.79. The molecule has 0 saturated heterocycles. The molecule has 1 unspecified atom stereocenters. The summed E-state index contributed by atoms with van der Waals surface area (Å²) >= 11 is 0. The number of hydrogen-bond acceptors (Lipinski definition) is 5. The fourth-order valence-electron chi connectivity index (χ4n) is 1.44. The van der Waals surface area contributed by atoms with Gasteiger partial charge in [-0.15, -0.1) is 0 Å². The molecule has 1 aromatic heterocycles. The van der Waals surface area contributed by atoms with Gasteiger partial charge in [-0.2, -0.15) is 0 Å². The van der Waals surface area contributed by atoms with E-state index in [9.17, 15) is 10.1 Å². The maximum atomic E-state index is 10.5. The largest absolute Gasteiger partial charge is 0.264 e. The van der Waals surface area contributed by atoms with E-state index < -0.39 is 6.04 Å². The molecule has 2 rings (SSSR count). The SMILES string of the molecule is O=[N+]([O-])C1CCCc2nonc21. The predicted molar refractivity (Wildman–Crippen MR) is 37.0 cm³/mol. The zero-order valence-corrected chi connectivity index (χ0v) is 6.27. The van der Waals surface area contributed by atoms with Crippen LogP contribution in [0.2, 0.25) is 0 Å². The van der Waals surface area contributed by atoms with Crippen LogP contribution in [0.25, 0.3) is 0 Å². The van der Waals surface area contributed by atoms with E-state index in [1.807, 2.05) is 0 Å². The van der Waals surface area contributed by atoms with Crippen molar-refractivity contribution in [1.82, 2.24) is 10.3 Å². The van der Waals surface area contributed by atoms with Crippen molar-refractivity contribution in [3.05, 3.63) is 21.5 Å². The van der Waals surface area contributed by atoms with Crippen LogP contribution in [0.5, 0.6) is 0 Å². The normalized spacial score (nSPS) is 21.8. The number of rotatable bonds is 1. The molecule has 0 saturated carbocycles. The summed E-state index contributed by atoms with van der Waals surface area (Å²) in [6, 6.07) is -0.708. The molecule has 12 heavy (non-hydrogen) atoms. The molecule has 6 nitrogen and oxygen atoms in total. The van der Waals surface area contributed by atoms with Crippen molar-refractivity contribution >= 4 is 0 Å². The van der Waals surface area contributed by atoms with Crippen LogP contribution in [0.15, 0.2) is 4.63 Å². The molecule has 0 radical (unpaired) electrons. The van der Waals surface area contributed by atoms with E-state index in [0.717, 1.165) is 12.8 Å². The number of nitrogens with zero attached hydrogens (tertiary/aromatic N) is 3. The van der Waals surface area contributed by atoms with Gasteiger partial charge in [0.2, 0.25) is 0 Å². The number of aromatic nitrogens is 2. The van der Waals surface area contributed by atoms with Crippen LogP contribution < -0.4 is 0 Å². The molecule has 1 aliphatic carbocycles. The Kier molecular flexibility index (Phi) is 1.53. The van der Waals surface area contributed by atoms with Crippen molar-refractivity contribution in [1.29, 1.82) is 0 Å². The molecule has 64 valence electrons. The van der Waals surface area contributed by atoms with E-state index in [-0.39, 0.29) is 4.92 Å². The van der Waals surface area contributed by atoms with Gasteiger partial charge in [0.15, 0.2) is 5.69 Å². The molecule has 0 fully saturated rings. The van der Waals surface area contributed by atoms with Gasteiger partial charge in [0.25, 0.3) is 6.04 Å². The van der Waals surface area contributed by atoms with Crippen molar-refractivity contribution in [3.63, 3.8) is 0 Å². The second kappa shape index (κ2) is 2.54. The Bertz CT molecular complexity index is 309. The summed E-state index contributed by atoms with van der Waals surface area (Å²) in [5, 5.41) is 17.6. The van der Waals surface area contributed by atoms with Gasteiger partial charge in [0.05, 0.1) is 0 Å². The lowest BCUT2D eigenvalue weighted by Gasteiger charge is -2.10. The minimum absolute atomic E-state index is 0.331. The van der Waals surface area contributed by atoms with E-state index in [1.54, 1.807) is 0 Å². The fraction of sp³-hybridized carbons (Fsp3) is 0.667. The standard InChI is InChI=1S/C6H7N3O3/c10-9(11)5-3-1-2-4-6(5)8-12-7-4/h5H,1-3H2. The van der Waals surface area contributed by atoms with Crippen LogP contribution in [0.3, 0.4) is 0 Å². The minimum atomic E-state index is -0.708. The number of hydrogen-bond donors (Lipinski definition) is 0. The third kappa shape index (κ3) is 0.956. The highest BCUT2D eigenvalue weighted by molar-refractivity contribution is 5.13. The lowest BCUT2D eigenvalue weighted by molar-refractivity contribution is -0.531. The summed E-state index contributed by atoms with van der Waals surface area (Å²) in [7, 11) is 0. The van der Waals surface area contributed by atoms with Crippen LogP contribution in [-0.2, 0) is 6.42 Å². The summed E-state index contributed by atoms with van der Waals surface area (Å²) in [5.74, 6) is 0. The van der Waals surface area contributed by atoms with Gasteiger partial charge in [-0.1, -0.05) is 5.16 Å². The van der Waals surface area contributed by atoms with Gasteiger partial charge < -0.3 is 0 Å². The highest BCUT2D eigenvalue weighted by atomic mass is 16.6. The molecule has 1 aliphatic rings. The van der Waals surface area contributed by atoms with Crippen molar-refractivity contribution in [2.45, 2.75) is 25.3 Å². The van der Waals surface area contributed by atoms with Crippen LogP contribution in [0.4, 0.5) is 0 Å². The van der Waals surface area contributed by atoms with Crippen molar-refractivity contribution in [2.75, 3.05) is 0 Å². The highest BCUT2D eigenvalue weighted by Gasteiger charge is 2.33. The summed E-state index contributed by atoms with van der Waals surface area (Å²) in [6.07, 6.45) is 2.06. The number of aryl methyl sites for hydroxylation is 1. The molecule has 0 amide bonds. The first-order valence-electron chi connectivity index (χ1n) is 3.74. The average molecular weight is 169 g/mol. The molecule has 0 bridgehead atoms. The first kappa shape index (κ1) is 7.20. The van der Waals surface area contributed by atoms with E-state index in [4.69, 9.17) is 0 Å². The molecule has 1 aromatic rings. The molecule has 6 heteroatoms. The van der Waals surface area contributed by atoms with E-state index in [1.165, 1.54) is 0 Å². The molecular weight excluding hydrogens is 162 g/mol. The van der Waals surface area contributed by atoms with Gasteiger partial charge in [-0.3, -0.25) is 10.1 Å². The van der Waals surface area contributed by atoms with Gasteiger partial charge in [-0.25, -0.2) is 4.63 Å². The fourth-order valence-corrected chi connectivity index (χ4v) is 1.44. The van der Waals surface area contributed by atoms with Gasteiger partial charge in [0.1, 0.15) is 5.69 Å². The molecule has 1 heterocycles. The Hall–Kier alpha value is -1.46. The molecule has 0 aliphatic heterocycles. The molecule has 0 N–H and O–H groups in total. The molecule has 0 aromatic carbocycles. The van der Waals surface area contributed by atoms with E-state index in [0.29, 0.717) is 17.8 Å². The quantitative estimate of drug-likeness (QED) is 0.457. The lowest BCUT2D eigenvalue weighted by atomic mass is 9.97. The second-order valence-corrected chi connectivity index (χ2v) is 2.79. The van der Waals surface area contributed by atoms with Crippen molar-refractivity contribution < 1.29 is 9.55 Å². The summed E-state index contributed by atoms with van der Waals surface area (Å²) < 4.78 is 4.44. The van der Waals surface area contributed by atoms with Crippen LogP contribution in [-0.4, -0.2) is 15.2 Å². The van der Waals surface area contributed by atoms with Gasteiger partial charge in [0, 0.05) is 11.3 Å². The predicted octanol–water partition coefficient (Wildman–Crippen LogP) is 0.724. The summed E-state index contributed by atoms with van der Waals surface area (Å²) in [5.41, 5.74) is 1.05. The van der Waals surface area contributed by atoms with Crippen LogP contribution in [0.1, 0.15) is 30.3 Å². The Balaban J connectivity index is 2.37. The Morgan fingerprint density at radius 2 is 2.42 bits per heavy atom. The number of fused-ring (bicyclic) bond motifs is 1. The molecule has 0 spiro atoms. The van der Waals surface area contributed by atoms with Crippen molar-refractivity contribution in [2.24, 2.45) is 0 Å². The maximum absolute atomic E-state index is 10.5. The minimum Gasteiger partial charge on any atom is -0.264 e. The monoisotopic (exact) mass is 169 g/mol. The smallest absolute Gasteiger partial charge is 0.259 e. The lowest BCUT2D eigenvalue weighted by Crippen LogP contribution is -2.17. The third-order valence-corrected chi connectivity index (χ3v) is 2.05. The molecular formula is C6H7N3O3. The first-order chi connectivity index (χ1) is 5.79. The average Bonchev–Trinajstić information content (AvgIpc) is 2.49. The summed E-state index contributed by atoms with van der Waals surface area (Å²) in [6.45, 7) is 0. The zero-order chi connectivity index (χ0) is 8.55. The molecule has 1 atom stereocenters. The highest BCUT2D eigenvalue weighted by Crippen LogP contribution is 2.28. The van der Waals surface area contributed by atoms with Gasteiger partial charge in [-0.05, 0) is 18.0 Å². The van der Waals surface area contributed by atoms with E-state index in [2.05, 4.69) is 14.9 Å². The Morgan fingerprint density at radius 1 is 1.58 bits per heavy atom. The Labute approximate surface area is 67.7 Å². The van der Waals surface area contributed by atoms with Crippen molar-refractivity contribution in [3.8, 4) is 0 Å². The zero-order valence-electron chi connectivity index (χ0n) is 6.27.